The maximum atomic E-state index is 13.0. The van der Waals surface area contributed by atoms with Crippen molar-refractivity contribution in [2.75, 3.05) is 10.1 Å². The minimum atomic E-state index is -4.41. The number of anilines is 2. The highest BCUT2D eigenvalue weighted by molar-refractivity contribution is 14.1. The fourth-order valence-electron chi connectivity index (χ4n) is 2.65. The van der Waals surface area contributed by atoms with Gasteiger partial charge in [0.15, 0.2) is 0 Å². The zero-order valence-corrected chi connectivity index (χ0v) is 19.1. The number of sulfonamides is 1. The van der Waals surface area contributed by atoms with Crippen molar-refractivity contribution in [3.63, 3.8) is 0 Å². The van der Waals surface area contributed by atoms with Gasteiger partial charge in [-0.3, -0.25) is 20.3 Å². The zero-order valence-electron chi connectivity index (χ0n) is 16.1. The Hall–Kier alpha value is -3.52. The van der Waals surface area contributed by atoms with Crippen molar-refractivity contribution in [1.82, 2.24) is 0 Å². The average Bonchev–Trinajstić information content (AvgIpc) is 2.75. The number of carboxylic acid groups (broad SMARTS) is 1. The van der Waals surface area contributed by atoms with Crippen LogP contribution in [0.2, 0.25) is 0 Å². The number of carboxylic acids is 1. The normalized spacial score (nSPS) is 11.3. The number of hydrazone groups is 1. The van der Waals surface area contributed by atoms with Gasteiger partial charge in [-0.1, -0.05) is 30.3 Å². The fraction of sp³-hybridized carbons (Fsp3) is 0. The topological polar surface area (TPSA) is 151 Å². The summed E-state index contributed by atoms with van der Waals surface area (Å²) in [7, 11) is -4.41. The van der Waals surface area contributed by atoms with E-state index < -0.39 is 31.5 Å². The third kappa shape index (κ3) is 5.39. The van der Waals surface area contributed by atoms with Crippen molar-refractivity contribution in [2.45, 2.75) is 4.90 Å². The molecule has 32 heavy (non-hydrogen) atoms. The fourth-order valence-corrected chi connectivity index (χ4v) is 4.43. The molecule has 0 atom stereocenters. The van der Waals surface area contributed by atoms with Gasteiger partial charge in [0.25, 0.3) is 15.7 Å². The monoisotopic (exact) mass is 566 g/mol. The number of hydrogen-bond acceptors (Lipinski definition) is 7. The Morgan fingerprint density at radius 1 is 1.06 bits per heavy atom. The maximum absolute atomic E-state index is 13.0. The van der Waals surface area contributed by atoms with E-state index in [0.29, 0.717) is 0 Å². The second-order valence-electron chi connectivity index (χ2n) is 6.29. The highest BCUT2D eigenvalue weighted by Crippen LogP contribution is 2.29. The summed E-state index contributed by atoms with van der Waals surface area (Å²) in [5.74, 6) is -1.33. The van der Waals surface area contributed by atoms with Crippen LogP contribution >= 0.6 is 22.6 Å². The second-order valence-corrected chi connectivity index (χ2v) is 9.10. The summed E-state index contributed by atoms with van der Waals surface area (Å²) >= 11 is 2.12. The van der Waals surface area contributed by atoms with Gasteiger partial charge >= 0.3 is 5.97 Å². The standard InChI is InChI=1S/C20H15IN4O6S/c21-16-7-3-1-5-13(16)12-22-23-18-10-9-14(25(28)29)11-19(18)32(30,31)24-17-8-4-2-6-15(17)20(26)27/h1-12,23-24H,(H,26,27). The van der Waals surface area contributed by atoms with Crippen LogP contribution in [-0.4, -0.2) is 30.6 Å². The van der Waals surface area contributed by atoms with Gasteiger partial charge in [-0.15, -0.1) is 0 Å². The number of carbonyl (C=O) groups is 1. The molecule has 3 N–H and O–H groups in total. The van der Waals surface area contributed by atoms with Crippen molar-refractivity contribution in [3.05, 3.63) is 91.5 Å². The molecule has 0 spiro atoms. The molecule has 0 unspecified atom stereocenters. The lowest BCUT2D eigenvalue weighted by Gasteiger charge is -2.13. The highest BCUT2D eigenvalue weighted by atomic mass is 127. The third-order valence-electron chi connectivity index (χ3n) is 4.16. The Labute approximate surface area is 196 Å². The van der Waals surface area contributed by atoms with Crippen LogP contribution in [0, 0.1) is 13.7 Å². The van der Waals surface area contributed by atoms with Crippen molar-refractivity contribution >= 4 is 61.9 Å². The Morgan fingerprint density at radius 3 is 2.44 bits per heavy atom. The molecule has 3 aromatic rings. The van der Waals surface area contributed by atoms with Gasteiger partial charge in [-0.25, -0.2) is 13.2 Å². The van der Waals surface area contributed by atoms with Crippen LogP contribution < -0.4 is 10.1 Å². The number of rotatable bonds is 8. The molecule has 12 heteroatoms. The number of nitrogens with zero attached hydrogens (tertiary/aromatic N) is 2. The smallest absolute Gasteiger partial charge is 0.337 e. The van der Waals surface area contributed by atoms with E-state index in [1.54, 1.807) is 0 Å². The van der Waals surface area contributed by atoms with E-state index >= 15 is 0 Å². The molecule has 0 aliphatic carbocycles. The van der Waals surface area contributed by atoms with E-state index in [-0.39, 0.29) is 16.9 Å². The molecular weight excluding hydrogens is 551 g/mol. The predicted molar refractivity (Wildman–Crippen MR) is 128 cm³/mol. The Balaban J connectivity index is 2.00. The summed E-state index contributed by atoms with van der Waals surface area (Å²) < 4.78 is 29.2. The van der Waals surface area contributed by atoms with Gasteiger partial charge in [0.2, 0.25) is 0 Å². The molecular formula is C20H15IN4O6S. The molecule has 0 amide bonds. The summed E-state index contributed by atoms with van der Waals surface area (Å²) in [6.45, 7) is 0. The van der Waals surface area contributed by atoms with Crippen LogP contribution in [0.15, 0.2) is 76.7 Å². The van der Waals surface area contributed by atoms with Crippen LogP contribution in [0.25, 0.3) is 0 Å². The number of hydrogen-bond donors (Lipinski definition) is 3. The molecule has 0 heterocycles. The van der Waals surface area contributed by atoms with E-state index in [1.165, 1.54) is 36.5 Å². The molecule has 164 valence electrons. The minimum Gasteiger partial charge on any atom is -0.478 e. The van der Waals surface area contributed by atoms with Crippen LogP contribution in [0.4, 0.5) is 17.1 Å². The molecule has 0 saturated heterocycles. The first-order valence-electron chi connectivity index (χ1n) is 8.86. The van der Waals surface area contributed by atoms with Gasteiger partial charge in [0.1, 0.15) is 4.90 Å². The molecule has 10 nitrogen and oxygen atoms in total. The average molecular weight is 566 g/mol. The van der Waals surface area contributed by atoms with E-state index in [2.05, 4.69) is 37.8 Å². The Bertz CT molecular complexity index is 1330. The van der Waals surface area contributed by atoms with Crippen molar-refractivity contribution in [2.24, 2.45) is 5.10 Å². The van der Waals surface area contributed by atoms with E-state index in [4.69, 9.17) is 0 Å². The van der Waals surface area contributed by atoms with Crippen LogP contribution in [0.3, 0.4) is 0 Å². The molecule has 0 saturated carbocycles. The SMILES string of the molecule is O=C(O)c1ccccc1NS(=O)(=O)c1cc([N+](=O)[O-])ccc1NN=Cc1ccccc1I. The number of nitrogens with one attached hydrogen (secondary N) is 2. The quantitative estimate of drug-likeness (QED) is 0.160. The molecule has 0 bridgehead atoms. The number of nitro benzene ring substituents is 1. The zero-order chi connectivity index (χ0) is 23.3. The molecule has 0 aliphatic heterocycles. The number of nitro groups is 1. The first kappa shape index (κ1) is 23.1. The van der Waals surface area contributed by atoms with Crippen molar-refractivity contribution in [3.8, 4) is 0 Å². The molecule has 0 aromatic heterocycles. The minimum absolute atomic E-state index is 0.0295. The molecule has 3 rings (SSSR count). The third-order valence-corrected chi connectivity index (χ3v) is 6.55. The molecule has 0 aliphatic rings. The number of para-hydroxylation sites is 1. The Kier molecular flexibility index (Phi) is 7.05. The second kappa shape index (κ2) is 9.74. The van der Waals surface area contributed by atoms with Gasteiger partial charge in [-0.2, -0.15) is 5.10 Å². The van der Waals surface area contributed by atoms with E-state index in [0.717, 1.165) is 21.3 Å². The molecule has 3 aromatic carbocycles. The van der Waals surface area contributed by atoms with Crippen molar-refractivity contribution in [1.29, 1.82) is 0 Å². The van der Waals surface area contributed by atoms with Crippen LogP contribution in [0.1, 0.15) is 15.9 Å². The highest BCUT2D eigenvalue weighted by Gasteiger charge is 2.24. The Morgan fingerprint density at radius 2 is 1.75 bits per heavy atom. The van der Waals surface area contributed by atoms with Crippen molar-refractivity contribution < 1.29 is 23.2 Å². The van der Waals surface area contributed by atoms with Crippen LogP contribution in [0.5, 0.6) is 0 Å². The van der Waals surface area contributed by atoms with Gasteiger partial charge in [-0.05, 0) is 46.9 Å². The van der Waals surface area contributed by atoms with Gasteiger partial charge in [0, 0.05) is 21.3 Å². The summed E-state index contributed by atoms with van der Waals surface area (Å²) in [6, 6.07) is 16.0. The predicted octanol–water partition coefficient (Wildman–Crippen LogP) is 4.14. The summed E-state index contributed by atoms with van der Waals surface area (Å²) in [6.07, 6.45) is 1.48. The summed E-state index contributed by atoms with van der Waals surface area (Å²) in [5.41, 5.74) is 2.44. The first-order chi connectivity index (χ1) is 15.2. The van der Waals surface area contributed by atoms with Gasteiger partial charge in [0.05, 0.1) is 28.1 Å². The lowest BCUT2D eigenvalue weighted by molar-refractivity contribution is -0.385. The number of non-ortho nitro benzene ring substituents is 1. The summed E-state index contributed by atoms with van der Waals surface area (Å²) in [5, 5.41) is 24.5. The number of benzene rings is 3. The number of halogens is 1. The maximum Gasteiger partial charge on any atom is 0.337 e. The lowest BCUT2D eigenvalue weighted by atomic mass is 10.2. The van der Waals surface area contributed by atoms with Crippen LogP contribution in [-0.2, 0) is 10.0 Å². The van der Waals surface area contributed by atoms with E-state index in [1.807, 2.05) is 24.3 Å². The van der Waals surface area contributed by atoms with E-state index in [9.17, 15) is 28.4 Å². The molecule has 0 radical (unpaired) electrons. The first-order valence-corrected chi connectivity index (χ1v) is 11.4. The largest absolute Gasteiger partial charge is 0.478 e. The molecule has 0 fully saturated rings. The number of aromatic carboxylic acids is 1. The van der Waals surface area contributed by atoms with Gasteiger partial charge < -0.3 is 5.11 Å². The summed E-state index contributed by atoms with van der Waals surface area (Å²) in [4.78, 5) is 21.4. The lowest BCUT2D eigenvalue weighted by Crippen LogP contribution is -2.17.